The zero-order valence-corrected chi connectivity index (χ0v) is 11.5. The van der Waals surface area contributed by atoms with Crippen LogP contribution < -0.4 is 5.32 Å². The Morgan fingerprint density at radius 1 is 1.33 bits per heavy atom. The molecule has 1 aliphatic rings. The standard InChI is InChI=1S/C12H15NO4S/c1-7-5-9-10(6-8(7)11(14)17-4)18(15,16)12(2,3)13-9/h5-6,13H,1-4H3. The Kier molecular flexibility index (Phi) is 2.66. The van der Waals surface area contributed by atoms with E-state index >= 15 is 0 Å². The molecular weight excluding hydrogens is 254 g/mol. The third kappa shape index (κ3) is 1.59. The molecule has 6 heteroatoms. The number of fused-ring (bicyclic) bond motifs is 1. The molecule has 0 amide bonds. The van der Waals surface area contributed by atoms with Gasteiger partial charge < -0.3 is 10.1 Å². The van der Waals surface area contributed by atoms with Crippen LogP contribution >= 0.6 is 0 Å². The maximum absolute atomic E-state index is 12.3. The van der Waals surface area contributed by atoms with E-state index in [1.165, 1.54) is 13.2 Å². The van der Waals surface area contributed by atoms with Gasteiger partial charge >= 0.3 is 5.97 Å². The van der Waals surface area contributed by atoms with Gasteiger partial charge in [0.2, 0.25) is 9.84 Å². The fraction of sp³-hybridized carbons (Fsp3) is 0.417. The second kappa shape index (κ2) is 3.71. The average molecular weight is 269 g/mol. The molecule has 0 aromatic heterocycles. The number of carbonyl (C=O) groups excluding carboxylic acids is 1. The summed E-state index contributed by atoms with van der Waals surface area (Å²) in [6, 6.07) is 3.04. The summed E-state index contributed by atoms with van der Waals surface area (Å²) in [5.41, 5.74) is 1.49. The van der Waals surface area contributed by atoms with Crippen LogP contribution in [0.25, 0.3) is 0 Å². The number of esters is 1. The zero-order chi connectivity index (χ0) is 13.7. The van der Waals surface area contributed by atoms with Crippen molar-refractivity contribution in [3.05, 3.63) is 23.3 Å². The second-order valence-corrected chi connectivity index (χ2v) is 7.26. The van der Waals surface area contributed by atoms with Crippen molar-refractivity contribution in [3.63, 3.8) is 0 Å². The first kappa shape index (κ1) is 12.9. The molecule has 2 rings (SSSR count). The van der Waals surface area contributed by atoms with Gasteiger partial charge in [0.25, 0.3) is 0 Å². The quantitative estimate of drug-likeness (QED) is 0.786. The van der Waals surface area contributed by atoms with Crippen molar-refractivity contribution in [1.82, 2.24) is 0 Å². The third-order valence-corrected chi connectivity index (χ3v) is 5.49. The van der Waals surface area contributed by atoms with Crippen LogP contribution in [0.3, 0.4) is 0 Å². The molecule has 0 atom stereocenters. The molecule has 18 heavy (non-hydrogen) atoms. The molecule has 5 nitrogen and oxygen atoms in total. The van der Waals surface area contributed by atoms with Gasteiger partial charge in [-0.05, 0) is 38.5 Å². The molecule has 0 bridgehead atoms. The lowest BCUT2D eigenvalue weighted by atomic mass is 10.1. The Labute approximate surface area is 106 Å². The van der Waals surface area contributed by atoms with Crippen molar-refractivity contribution in [2.45, 2.75) is 30.5 Å². The van der Waals surface area contributed by atoms with Gasteiger partial charge in [-0.3, -0.25) is 0 Å². The van der Waals surface area contributed by atoms with Gasteiger partial charge in [0.1, 0.15) is 4.87 Å². The van der Waals surface area contributed by atoms with Crippen molar-refractivity contribution in [2.24, 2.45) is 0 Å². The summed E-state index contributed by atoms with van der Waals surface area (Å²) in [4.78, 5) is 10.7. The van der Waals surface area contributed by atoms with E-state index in [0.717, 1.165) is 0 Å². The first-order chi connectivity index (χ1) is 8.20. The number of methoxy groups -OCH3 is 1. The molecule has 1 N–H and O–H groups in total. The Balaban J connectivity index is 2.70. The van der Waals surface area contributed by atoms with Crippen molar-refractivity contribution in [2.75, 3.05) is 12.4 Å². The van der Waals surface area contributed by atoms with Crippen LogP contribution in [0.2, 0.25) is 0 Å². The average Bonchev–Trinajstić information content (AvgIpc) is 2.43. The van der Waals surface area contributed by atoms with E-state index in [1.807, 2.05) is 0 Å². The summed E-state index contributed by atoms with van der Waals surface area (Å²) >= 11 is 0. The van der Waals surface area contributed by atoms with Crippen LogP contribution in [0.4, 0.5) is 5.69 Å². The van der Waals surface area contributed by atoms with E-state index in [0.29, 0.717) is 11.3 Å². The van der Waals surface area contributed by atoms with E-state index in [2.05, 4.69) is 10.1 Å². The number of benzene rings is 1. The van der Waals surface area contributed by atoms with Gasteiger partial charge in [0.05, 0.1) is 23.3 Å². The molecule has 0 unspecified atom stereocenters. The molecule has 0 radical (unpaired) electrons. The molecule has 1 heterocycles. The predicted molar refractivity (Wildman–Crippen MR) is 67.4 cm³/mol. The molecular formula is C12H15NO4S. The molecule has 0 aliphatic carbocycles. The van der Waals surface area contributed by atoms with Gasteiger partial charge in [-0.15, -0.1) is 0 Å². The summed E-state index contributed by atoms with van der Waals surface area (Å²) in [6.45, 7) is 4.93. The predicted octanol–water partition coefficient (Wildman–Crippen LogP) is 1.72. The summed E-state index contributed by atoms with van der Waals surface area (Å²) in [5.74, 6) is -0.532. The maximum Gasteiger partial charge on any atom is 0.338 e. The van der Waals surface area contributed by atoms with Crippen molar-refractivity contribution in [3.8, 4) is 0 Å². The van der Waals surface area contributed by atoms with Crippen LogP contribution in [0.5, 0.6) is 0 Å². The second-order valence-electron chi connectivity index (χ2n) is 4.79. The van der Waals surface area contributed by atoms with Crippen LogP contribution in [-0.2, 0) is 14.6 Å². The Hall–Kier alpha value is -1.56. The van der Waals surface area contributed by atoms with Gasteiger partial charge in [0.15, 0.2) is 0 Å². The molecule has 98 valence electrons. The third-order valence-electron chi connectivity index (χ3n) is 3.13. The number of hydrogen-bond acceptors (Lipinski definition) is 5. The summed E-state index contributed by atoms with van der Waals surface area (Å²) in [5, 5.41) is 2.95. The summed E-state index contributed by atoms with van der Waals surface area (Å²) in [6.07, 6.45) is 0. The van der Waals surface area contributed by atoms with E-state index in [-0.39, 0.29) is 10.5 Å². The first-order valence-electron chi connectivity index (χ1n) is 5.46. The Morgan fingerprint density at radius 2 is 1.94 bits per heavy atom. The van der Waals surface area contributed by atoms with Crippen LogP contribution in [0.1, 0.15) is 29.8 Å². The van der Waals surface area contributed by atoms with Crippen LogP contribution in [0.15, 0.2) is 17.0 Å². The maximum atomic E-state index is 12.3. The molecule has 1 aromatic rings. The van der Waals surface area contributed by atoms with E-state index in [4.69, 9.17) is 0 Å². The van der Waals surface area contributed by atoms with Crippen LogP contribution in [0, 0.1) is 6.92 Å². The smallest absolute Gasteiger partial charge is 0.338 e. The number of aryl methyl sites for hydroxylation is 1. The van der Waals surface area contributed by atoms with E-state index in [9.17, 15) is 13.2 Å². The first-order valence-corrected chi connectivity index (χ1v) is 6.95. The number of carbonyl (C=O) groups is 1. The molecule has 0 saturated carbocycles. The van der Waals surface area contributed by atoms with Gasteiger partial charge in [0, 0.05) is 0 Å². The highest BCUT2D eigenvalue weighted by Crippen LogP contribution is 2.40. The molecule has 0 spiro atoms. The largest absolute Gasteiger partial charge is 0.465 e. The van der Waals surface area contributed by atoms with Crippen molar-refractivity contribution in [1.29, 1.82) is 0 Å². The molecule has 1 aliphatic heterocycles. The SMILES string of the molecule is COC(=O)c1cc2c(cc1C)NC(C)(C)S2(=O)=O. The molecule has 0 saturated heterocycles. The minimum atomic E-state index is -3.48. The minimum absolute atomic E-state index is 0.151. The van der Waals surface area contributed by atoms with Gasteiger partial charge in [-0.1, -0.05) is 0 Å². The van der Waals surface area contributed by atoms with Gasteiger partial charge in [-0.2, -0.15) is 0 Å². The number of ether oxygens (including phenoxy) is 1. The number of nitrogens with one attached hydrogen (secondary N) is 1. The highest BCUT2D eigenvalue weighted by molar-refractivity contribution is 7.93. The Morgan fingerprint density at radius 3 is 2.50 bits per heavy atom. The Bertz CT molecular complexity index is 632. The van der Waals surface area contributed by atoms with Crippen molar-refractivity contribution < 1.29 is 17.9 Å². The lowest BCUT2D eigenvalue weighted by Gasteiger charge is -2.17. The highest BCUT2D eigenvalue weighted by Gasteiger charge is 2.44. The molecule has 0 fully saturated rings. The monoisotopic (exact) mass is 269 g/mol. The number of sulfone groups is 1. The molecule has 1 aromatic carbocycles. The fourth-order valence-electron chi connectivity index (χ4n) is 2.00. The normalized spacial score (nSPS) is 18.9. The van der Waals surface area contributed by atoms with E-state index < -0.39 is 20.7 Å². The topological polar surface area (TPSA) is 72.5 Å². The highest BCUT2D eigenvalue weighted by atomic mass is 32.2. The minimum Gasteiger partial charge on any atom is -0.465 e. The number of hydrogen-bond donors (Lipinski definition) is 1. The zero-order valence-electron chi connectivity index (χ0n) is 10.7. The van der Waals surface area contributed by atoms with Crippen LogP contribution in [-0.4, -0.2) is 26.4 Å². The lowest BCUT2D eigenvalue weighted by Crippen LogP contribution is -2.33. The van der Waals surface area contributed by atoms with Gasteiger partial charge in [-0.25, -0.2) is 13.2 Å². The fourth-order valence-corrected chi connectivity index (χ4v) is 3.47. The number of rotatable bonds is 1. The summed E-state index contributed by atoms with van der Waals surface area (Å²) in [7, 11) is -2.21. The van der Waals surface area contributed by atoms with E-state index in [1.54, 1.807) is 26.8 Å². The number of anilines is 1. The summed E-state index contributed by atoms with van der Waals surface area (Å²) < 4.78 is 29.2. The van der Waals surface area contributed by atoms with Crippen molar-refractivity contribution >= 4 is 21.5 Å². The lowest BCUT2D eigenvalue weighted by molar-refractivity contribution is 0.0599.